The van der Waals surface area contributed by atoms with Crippen LogP contribution in [0.2, 0.25) is 0 Å². The van der Waals surface area contributed by atoms with Crippen LogP contribution in [-0.2, 0) is 11.2 Å². The van der Waals surface area contributed by atoms with Crippen LogP contribution >= 0.6 is 0 Å². The lowest BCUT2D eigenvalue weighted by molar-refractivity contribution is -0.136. The molecule has 0 aromatic heterocycles. The number of hydrogen-bond donors (Lipinski definition) is 1. The summed E-state index contributed by atoms with van der Waals surface area (Å²) < 4.78 is 42.0. The van der Waals surface area contributed by atoms with Crippen molar-refractivity contribution < 1.29 is 17.9 Å². The fourth-order valence-electron chi connectivity index (χ4n) is 2.47. The molecule has 0 amide bonds. The second-order valence-corrected chi connectivity index (χ2v) is 4.91. The fraction of sp³-hybridized carbons (Fsp3) is 0.571. The Morgan fingerprint density at radius 3 is 2.79 bits per heavy atom. The van der Waals surface area contributed by atoms with E-state index in [1.165, 1.54) is 5.56 Å². The maximum atomic E-state index is 12.1. The van der Waals surface area contributed by atoms with Crippen molar-refractivity contribution in [3.8, 4) is 0 Å². The van der Waals surface area contributed by atoms with E-state index in [4.69, 9.17) is 10.5 Å². The molecule has 19 heavy (non-hydrogen) atoms. The molecule has 1 aromatic carbocycles. The molecule has 5 heteroatoms. The quantitative estimate of drug-likeness (QED) is 0.913. The first-order valence-electron chi connectivity index (χ1n) is 6.49. The molecule has 2 unspecified atom stereocenters. The highest BCUT2D eigenvalue weighted by Gasteiger charge is 2.29. The van der Waals surface area contributed by atoms with Gasteiger partial charge in [0, 0.05) is 12.5 Å². The number of hydrogen-bond acceptors (Lipinski definition) is 2. The van der Waals surface area contributed by atoms with Gasteiger partial charge in [0.1, 0.15) is 0 Å². The zero-order chi connectivity index (χ0) is 13.9. The topological polar surface area (TPSA) is 35.2 Å². The van der Waals surface area contributed by atoms with Gasteiger partial charge in [-0.25, -0.2) is 0 Å². The predicted molar refractivity (Wildman–Crippen MR) is 66.7 cm³/mol. The highest BCUT2D eigenvalue weighted by molar-refractivity contribution is 5.31. The van der Waals surface area contributed by atoms with Crippen LogP contribution in [0.5, 0.6) is 0 Å². The van der Waals surface area contributed by atoms with E-state index in [0.717, 1.165) is 12.0 Å². The number of halogens is 3. The number of ether oxygens (including phenoxy) is 1. The summed E-state index contributed by atoms with van der Waals surface area (Å²) in [4.78, 5) is 0. The third-order valence-electron chi connectivity index (χ3n) is 3.42. The molecule has 0 fully saturated rings. The van der Waals surface area contributed by atoms with E-state index in [2.05, 4.69) is 0 Å². The van der Waals surface area contributed by atoms with Crippen molar-refractivity contribution in [2.45, 2.75) is 44.0 Å². The Labute approximate surface area is 110 Å². The number of benzene rings is 1. The van der Waals surface area contributed by atoms with Gasteiger partial charge < -0.3 is 10.5 Å². The number of rotatable bonds is 4. The van der Waals surface area contributed by atoms with Crippen LogP contribution in [0.25, 0.3) is 0 Å². The lowest BCUT2D eigenvalue weighted by atomic mass is 9.91. The van der Waals surface area contributed by atoms with Crippen LogP contribution in [-0.4, -0.2) is 18.8 Å². The summed E-state index contributed by atoms with van der Waals surface area (Å²) in [5.74, 6) is 0. The van der Waals surface area contributed by atoms with Crippen molar-refractivity contribution in [3.63, 3.8) is 0 Å². The van der Waals surface area contributed by atoms with Gasteiger partial charge in [-0.1, -0.05) is 24.3 Å². The molecule has 1 aliphatic heterocycles. The maximum Gasteiger partial charge on any atom is 0.389 e. The Kier molecular flexibility index (Phi) is 4.47. The van der Waals surface area contributed by atoms with Gasteiger partial charge in [-0.2, -0.15) is 13.2 Å². The Bertz CT molecular complexity index is 419. The molecule has 0 saturated carbocycles. The van der Waals surface area contributed by atoms with Crippen LogP contribution in [0.1, 0.15) is 36.5 Å². The minimum Gasteiger partial charge on any atom is -0.372 e. The molecule has 0 bridgehead atoms. The first kappa shape index (κ1) is 14.3. The molecule has 106 valence electrons. The van der Waals surface area contributed by atoms with Crippen molar-refractivity contribution in [1.82, 2.24) is 0 Å². The molecular weight excluding hydrogens is 255 g/mol. The van der Waals surface area contributed by atoms with Crippen LogP contribution in [0.3, 0.4) is 0 Å². The average Bonchev–Trinajstić information content (AvgIpc) is 2.36. The Morgan fingerprint density at radius 1 is 1.32 bits per heavy atom. The second-order valence-electron chi connectivity index (χ2n) is 4.91. The molecule has 2 N–H and O–H groups in total. The molecule has 0 radical (unpaired) electrons. The van der Waals surface area contributed by atoms with E-state index in [-0.39, 0.29) is 18.6 Å². The monoisotopic (exact) mass is 273 g/mol. The first-order valence-corrected chi connectivity index (χ1v) is 6.49. The summed E-state index contributed by atoms with van der Waals surface area (Å²) in [6.07, 6.45) is -3.97. The second kappa shape index (κ2) is 5.92. The summed E-state index contributed by atoms with van der Waals surface area (Å²) >= 11 is 0. The van der Waals surface area contributed by atoms with Crippen molar-refractivity contribution in [1.29, 1.82) is 0 Å². The van der Waals surface area contributed by atoms with E-state index < -0.39 is 12.6 Å². The first-order chi connectivity index (χ1) is 8.97. The summed E-state index contributed by atoms with van der Waals surface area (Å²) in [7, 11) is 0. The summed E-state index contributed by atoms with van der Waals surface area (Å²) in [5, 5.41) is 0. The van der Waals surface area contributed by atoms with E-state index in [1.54, 1.807) is 0 Å². The van der Waals surface area contributed by atoms with Gasteiger partial charge in [0.2, 0.25) is 0 Å². The number of fused-ring (bicyclic) bond motifs is 1. The molecule has 1 aliphatic rings. The third kappa shape index (κ3) is 3.94. The summed E-state index contributed by atoms with van der Waals surface area (Å²) in [6.45, 7) is 0.578. The van der Waals surface area contributed by atoms with Crippen LogP contribution in [0.15, 0.2) is 24.3 Å². The van der Waals surface area contributed by atoms with E-state index in [1.807, 2.05) is 24.3 Å². The minimum absolute atomic E-state index is 0.0483. The van der Waals surface area contributed by atoms with Gasteiger partial charge in [0.25, 0.3) is 0 Å². The lowest BCUT2D eigenvalue weighted by Gasteiger charge is -2.30. The summed E-state index contributed by atoms with van der Waals surface area (Å²) in [5.41, 5.74) is 8.21. The number of nitrogens with two attached hydrogens (primary N) is 1. The molecule has 2 rings (SSSR count). The predicted octanol–water partition coefficient (Wildman–Crippen LogP) is 3.36. The zero-order valence-electron chi connectivity index (χ0n) is 10.6. The van der Waals surface area contributed by atoms with Crippen LogP contribution < -0.4 is 5.73 Å². The van der Waals surface area contributed by atoms with E-state index >= 15 is 0 Å². The normalized spacial score (nSPS) is 20.9. The van der Waals surface area contributed by atoms with Gasteiger partial charge in [-0.15, -0.1) is 0 Å². The number of alkyl halides is 3. The van der Waals surface area contributed by atoms with Crippen LogP contribution in [0.4, 0.5) is 13.2 Å². The average molecular weight is 273 g/mol. The fourth-order valence-corrected chi connectivity index (χ4v) is 2.47. The molecule has 2 nitrogen and oxygen atoms in total. The van der Waals surface area contributed by atoms with Gasteiger partial charge in [-0.05, 0) is 30.4 Å². The molecule has 1 heterocycles. The standard InChI is InChI=1S/C14H18F3NO/c15-14(16,17)8-3-6-12(18)13-11-5-2-1-4-10(11)7-9-19-13/h1-2,4-5,12-13H,3,6-9,18H2. The lowest BCUT2D eigenvalue weighted by Crippen LogP contribution is -2.34. The summed E-state index contributed by atoms with van der Waals surface area (Å²) in [6, 6.07) is 7.44. The molecular formula is C14H18F3NO. The zero-order valence-corrected chi connectivity index (χ0v) is 10.6. The molecule has 2 atom stereocenters. The Hall–Kier alpha value is -1.07. The van der Waals surface area contributed by atoms with Crippen molar-refractivity contribution in [2.24, 2.45) is 5.73 Å². The van der Waals surface area contributed by atoms with Gasteiger partial charge >= 0.3 is 6.18 Å². The van der Waals surface area contributed by atoms with Gasteiger partial charge in [0.15, 0.2) is 0 Å². The molecule has 0 aliphatic carbocycles. The highest BCUT2D eigenvalue weighted by atomic mass is 19.4. The minimum atomic E-state index is -4.11. The SMILES string of the molecule is NC(CCCC(F)(F)F)C1OCCc2ccccc21. The maximum absolute atomic E-state index is 12.1. The van der Waals surface area contributed by atoms with E-state index in [0.29, 0.717) is 13.0 Å². The van der Waals surface area contributed by atoms with Crippen molar-refractivity contribution >= 4 is 0 Å². The Balaban J connectivity index is 1.95. The Morgan fingerprint density at radius 2 is 2.05 bits per heavy atom. The van der Waals surface area contributed by atoms with Gasteiger partial charge in [0.05, 0.1) is 12.7 Å². The molecule has 0 spiro atoms. The smallest absolute Gasteiger partial charge is 0.372 e. The third-order valence-corrected chi connectivity index (χ3v) is 3.42. The van der Waals surface area contributed by atoms with Crippen molar-refractivity contribution in [2.75, 3.05) is 6.61 Å². The molecule has 1 aromatic rings. The van der Waals surface area contributed by atoms with Crippen LogP contribution in [0, 0.1) is 0 Å². The highest BCUT2D eigenvalue weighted by Crippen LogP contribution is 2.31. The van der Waals surface area contributed by atoms with Crippen molar-refractivity contribution in [3.05, 3.63) is 35.4 Å². The molecule has 0 saturated heterocycles. The largest absolute Gasteiger partial charge is 0.389 e. The van der Waals surface area contributed by atoms with E-state index in [9.17, 15) is 13.2 Å². The van der Waals surface area contributed by atoms with Gasteiger partial charge in [-0.3, -0.25) is 0 Å².